The lowest BCUT2D eigenvalue weighted by Gasteiger charge is -2.09. The van der Waals surface area contributed by atoms with Gasteiger partial charge >= 0.3 is 17.6 Å². The normalized spacial score (nSPS) is 11.7. The molecule has 12 heteroatoms. The van der Waals surface area contributed by atoms with Crippen LogP contribution < -0.4 is 5.43 Å². The van der Waals surface area contributed by atoms with Crippen molar-refractivity contribution in [3.8, 4) is 0 Å². The van der Waals surface area contributed by atoms with E-state index in [1.807, 2.05) is 6.92 Å². The van der Waals surface area contributed by atoms with E-state index in [2.05, 4.69) is 10.5 Å². The predicted octanol–water partition coefficient (Wildman–Crippen LogP) is 4.34. The summed E-state index contributed by atoms with van der Waals surface area (Å²) in [5.41, 5.74) is -2.31. The molecule has 0 aliphatic heterocycles. The Labute approximate surface area is 141 Å². The number of hydrogen-bond donors (Lipinski definition) is 1. The maximum atomic E-state index is 12.8. The van der Waals surface area contributed by atoms with Gasteiger partial charge in [-0.3, -0.25) is 25.7 Å². The van der Waals surface area contributed by atoms with Crippen molar-refractivity contribution in [1.82, 2.24) is 0 Å². The van der Waals surface area contributed by atoms with Crippen LogP contribution in [0.1, 0.15) is 15.3 Å². The van der Waals surface area contributed by atoms with Crippen molar-refractivity contribution in [3.63, 3.8) is 0 Å². The minimum atomic E-state index is -4.97. The van der Waals surface area contributed by atoms with Gasteiger partial charge in [0.25, 0.3) is 0 Å². The molecule has 0 unspecified atom stereocenters. The first-order chi connectivity index (χ1) is 11.6. The second-order valence-corrected chi connectivity index (χ2v) is 6.04. The number of nitro benzene ring substituents is 2. The molecule has 0 spiro atoms. The number of nitrogens with zero attached hydrogens (tertiary/aromatic N) is 3. The van der Waals surface area contributed by atoms with Gasteiger partial charge in [-0.1, -0.05) is 0 Å². The number of anilines is 1. The van der Waals surface area contributed by atoms with Crippen LogP contribution in [0, 0.1) is 27.2 Å². The Morgan fingerprint density at radius 1 is 1.16 bits per heavy atom. The molecule has 1 N–H and O–H groups in total. The van der Waals surface area contributed by atoms with Crippen molar-refractivity contribution >= 4 is 34.6 Å². The molecule has 0 bridgehead atoms. The zero-order valence-corrected chi connectivity index (χ0v) is 13.2. The third-order valence-electron chi connectivity index (χ3n) is 2.95. The van der Waals surface area contributed by atoms with Gasteiger partial charge < -0.3 is 0 Å². The molecule has 0 aliphatic rings. The maximum Gasteiger partial charge on any atom is 0.416 e. The number of nitrogens with one attached hydrogen (secondary N) is 1. The van der Waals surface area contributed by atoms with E-state index in [1.54, 1.807) is 12.1 Å². The van der Waals surface area contributed by atoms with Gasteiger partial charge in [0.1, 0.15) is 0 Å². The second-order valence-electron chi connectivity index (χ2n) is 4.72. The molecule has 0 saturated heterocycles. The fourth-order valence-corrected chi connectivity index (χ4v) is 2.61. The van der Waals surface area contributed by atoms with Gasteiger partial charge in [-0.2, -0.15) is 18.3 Å². The fourth-order valence-electron chi connectivity index (χ4n) is 1.86. The quantitative estimate of drug-likeness (QED) is 0.475. The van der Waals surface area contributed by atoms with Crippen LogP contribution in [0.25, 0.3) is 0 Å². The lowest BCUT2D eigenvalue weighted by molar-refractivity contribution is -0.392. The standard InChI is InChI=1S/C13H9F3N4O4S/c1-7-2-3-9(25-7)6-17-18-12-10(19(21)22)4-8(13(14,15)16)5-11(12)20(23)24/h2-6,18H,1H3/b17-6+. The molecule has 0 aliphatic carbocycles. The third kappa shape index (κ3) is 4.29. The number of thiophene rings is 1. The SMILES string of the molecule is Cc1ccc(/C=N/Nc2c([N+](=O)[O-])cc(C(F)(F)F)cc2[N+](=O)[O-])s1. The molecule has 0 fully saturated rings. The summed E-state index contributed by atoms with van der Waals surface area (Å²) < 4.78 is 38.4. The minimum absolute atomic E-state index is 0.222. The van der Waals surface area contributed by atoms with Gasteiger partial charge in [-0.05, 0) is 19.1 Å². The average Bonchev–Trinajstić information content (AvgIpc) is 2.91. The van der Waals surface area contributed by atoms with E-state index >= 15 is 0 Å². The van der Waals surface area contributed by atoms with Gasteiger partial charge in [0, 0.05) is 21.9 Å². The number of hydrogen-bond acceptors (Lipinski definition) is 7. The average molecular weight is 374 g/mol. The highest BCUT2D eigenvalue weighted by Crippen LogP contribution is 2.41. The second kappa shape index (κ2) is 6.84. The van der Waals surface area contributed by atoms with Crippen LogP contribution >= 0.6 is 11.3 Å². The van der Waals surface area contributed by atoms with Crippen LogP contribution in [0.5, 0.6) is 0 Å². The van der Waals surface area contributed by atoms with E-state index in [1.165, 1.54) is 17.6 Å². The number of hydrazone groups is 1. The molecule has 8 nitrogen and oxygen atoms in total. The Hall–Kier alpha value is -3.02. The van der Waals surface area contributed by atoms with E-state index in [0.29, 0.717) is 4.88 Å². The first kappa shape index (κ1) is 18.3. The summed E-state index contributed by atoms with van der Waals surface area (Å²) in [6.45, 7) is 1.83. The molecular formula is C13H9F3N4O4S. The lowest BCUT2D eigenvalue weighted by Crippen LogP contribution is -2.09. The van der Waals surface area contributed by atoms with Crippen molar-refractivity contribution in [3.05, 3.63) is 59.8 Å². The van der Waals surface area contributed by atoms with Crippen molar-refractivity contribution in [2.75, 3.05) is 5.43 Å². The van der Waals surface area contributed by atoms with Crippen LogP contribution in [-0.2, 0) is 6.18 Å². The number of rotatable bonds is 5. The van der Waals surface area contributed by atoms with Crippen molar-refractivity contribution < 1.29 is 23.0 Å². The fraction of sp³-hybridized carbons (Fsp3) is 0.154. The molecule has 1 aromatic carbocycles. The Morgan fingerprint density at radius 2 is 1.72 bits per heavy atom. The minimum Gasteiger partial charge on any atom is -0.266 e. The van der Waals surface area contributed by atoms with Crippen LogP contribution in [0.4, 0.5) is 30.2 Å². The van der Waals surface area contributed by atoms with Crippen LogP contribution in [0.2, 0.25) is 0 Å². The van der Waals surface area contributed by atoms with Gasteiger partial charge in [0.15, 0.2) is 0 Å². The third-order valence-corrected chi connectivity index (χ3v) is 3.88. The number of aryl methyl sites for hydroxylation is 1. The number of halogens is 3. The highest BCUT2D eigenvalue weighted by Gasteiger charge is 2.37. The predicted molar refractivity (Wildman–Crippen MR) is 85.0 cm³/mol. The monoisotopic (exact) mass is 374 g/mol. The Kier molecular flexibility index (Phi) is 5.02. The van der Waals surface area contributed by atoms with Gasteiger partial charge in [-0.15, -0.1) is 11.3 Å². The number of nitro groups is 2. The van der Waals surface area contributed by atoms with Crippen molar-refractivity contribution in [2.45, 2.75) is 13.1 Å². The molecule has 2 aromatic rings. The van der Waals surface area contributed by atoms with E-state index in [4.69, 9.17) is 0 Å². The summed E-state index contributed by atoms with van der Waals surface area (Å²) >= 11 is 1.34. The van der Waals surface area contributed by atoms with Gasteiger partial charge in [0.2, 0.25) is 5.69 Å². The Morgan fingerprint density at radius 3 is 2.12 bits per heavy atom. The largest absolute Gasteiger partial charge is 0.416 e. The molecule has 0 radical (unpaired) electrons. The van der Waals surface area contributed by atoms with E-state index in [0.717, 1.165) is 4.88 Å². The maximum absolute atomic E-state index is 12.8. The molecule has 0 amide bonds. The van der Waals surface area contributed by atoms with Crippen LogP contribution in [0.3, 0.4) is 0 Å². The molecule has 2 rings (SSSR count). The molecule has 0 atom stereocenters. The molecule has 1 aromatic heterocycles. The summed E-state index contributed by atoms with van der Waals surface area (Å²) in [4.78, 5) is 21.4. The summed E-state index contributed by atoms with van der Waals surface area (Å²) in [5, 5.41) is 25.7. The molecule has 25 heavy (non-hydrogen) atoms. The molecule has 0 saturated carbocycles. The van der Waals surface area contributed by atoms with Crippen molar-refractivity contribution in [2.24, 2.45) is 5.10 Å². The van der Waals surface area contributed by atoms with Crippen LogP contribution in [-0.4, -0.2) is 16.1 Å². The first-order valence-corrected chi connectivity index (χ1v) is 7.31. The van der Waals surface area contributed by atoms with E-state index < -0.39 is 38.6 Å². The zero-order chi connectivity index (χ0) is 18.8. The smallest absolute Gasteiger partial charge is 0.266 e. The van der Waals surface area contributed by atoms with Gasteiger partial charge in [0.05, 0.1) is 21.6 Å². The lowest BCUT2D eigenvalue weighted by atomic mass is 10.1. The van der Waals surface area contributed by atoms with Crippen molar-refractivity contribution in [1.29, 1.82) is 0 Å². The molecule has 132 valence electrons. The topological polar surface area (TPSA) is 111 Å². The summed E-state index contributed by atoms with van der Waals surface area (Å²) in [6, 6.07) is 3.93. The zero-order valence-electron chi connectivity index (χ0n) is 12.4. The van der Waals surface area contributed by atoms with Gasteiger partial charge in [-0.25, -0.2) is 0 Å². The summed E-state index contributed by atoms with van der Waals surface area (Å²) in [7, 11) is 0. The Balaban J connectivity index is 2.49. The molecular weight excluding hydrogens is 365 g/mol. The number of benzene rings is 1. The highest BCUT2D eigenvalue weighted by atomic mass is 32.1. The molecule has 1 heterocycles. The number of alkyl halides is 3. The summed E-state index contributed by atoms with van der Waals surface area (Å²) in [6.07, 6.45) is -3.71. The van der Waals surface area contributed by atoms with E-state index in [9.17, 15) is 33.4 Å². The van der Waals surface area contributed by atoms with E-state index in [-0.39, 0.29) is 12.1 Å². The van der Waals surface area contributed by atoms with Crippen LogP contribution in [0.15, 0.2) is 29.4 Å². The Bertz CT molecular complexity index is 828. The highest BCUT2D eigenvalue weighted by molar-refractivity contribution is 7.13. The summed E-state index contributed by atoms with van der Waals surface area (Å²) in [5.74, 6) is 0. The first-order valence-electron chi connectivity index (χ1n) is 6.49.